The molecule has 6 aliphatic carbocycles. The molecule has 8 rings (SSSR count). The van der Waals surface area contributed by atoms with E-state index in [0.717, 1.165) is 31.3 Å². The van der Waals surface area contributed by atoms with Crippen molar-refractivity contribution in [1.82, 2.24) is 0 Å². The van der Waals surface area contributed by atoms with Crippen molar-refractivity contribution in [3.63, 3.8) is 0 Å². The molecule has 1 spiro atoms. The Labute approximate surface area is 243 Å². The van der Waals surface area contributed by atoms with Crippen molar-refractivity contribution in [2.45, 2.75) is 125 Å². The molecule has 2 bridgehead atoms. The van der Waals surface area contributed by atoms with Gasteiger partial charge in [-0.05, 0) is 126 Å². The van der Waals surface area contributed by atoms with Gasteiger partial charge in [0.2, 0.25) is 0 Å². The first-order valence-corrected chi connectivity index (χ1v) is 17.0. The van der Waals surface area contributed by atoms with E-state index in [9.17, 15) is 4.79 Å². The number of carbonyl (C=O) groups is 1. The summed E-state index contributed by atoms with van der Waals surface area (Å²) in [6, 6.07) is 11.0. The molecule has 1 aromatic carbocycles. The van der Waals surface area contributed by atoms with Gasteiger partial charge in [-0.1, -0.05) is 78.8 Å². The zero-order chi connectivity index (χ0) is 28.1. The highest BCUT2D eigenvalue weighted by Gasteiger charge is 2.77. The predicted molar refractivity (Wildman–Crippen MR) is 161 cm³/mol. The van der Waals surface area contributed by atoms with Crippen LogP contribution in [0.5, 0.6) is 0 Å². The molecule has 6 saturated carbocycles. The van der Waals surface area contributed by atoms with Crippen LogP contribution in [0.2, 0.25) is 0 Å². The average Bonchev–Trinajstić information content (AvgIpc) is 3.51. The average molecular weight is 543 g/mol. The van der Waals surface area contributed by atoms with E-state index in [0.29, 0.717) is 51.3 Å². The first-order valence-electron chi connectivity index (χ1n) is 17.0. The molecule has 2 heteroatoms. The van der Waals surface area contributed by atoms with Gasteiger partial charge in [0.15, 0.2) is 0 Å². The second-order valence-corrected chi connectivity index (χ2v) is 18.3. The number of carbonyl (C=O) groups excluding carboxylic acids is 1. The fourth-order valence-electron chi connectivity index (χ4n) is 14.2. The third-order valence-electron chi connectivity index (χ3n) is 16.3. The number of fused-ring (bicyclic) bond motifs is 5. The topological polar surface area (TPSA) is 26.3 Å². The molecule has 7 aliphatic rings. The van der Waals surface area contributed by atoms with Gasteiger partial charge in [0.25, 0.3) is 0 Å². The van der Waals surface area contributed by atoms with E-state index in [-0.39, 0.29) is 16.2 Å². The maximum Gasteiger partial charge on any atom is 0.145 e. The summed E-state index contributed by atoms with van der Waals surface area (Å²) in [7, 11) is 0. The highest BCUT2D eigenvalue weighted by Crippen LogP contribution is 2.81. The summed E-state index contributed by atoms with van der Waals surface area (Å²) < 4.78 is 6.79. The molecule has 1 aromatic rings. The maximum atomic E-state index is 14.4. The molecule has 1 saturated heterocycles. The summed E-state index contributed by atoms with van der Waals surface area (Å²) in [5.74, 6) is 3.78. The Hall–Kier alpha value is -1.15. The van der Waals surface area contributed by atoms with Crippen molar-refractivity contribution >= 4 is 5.78 Å². The van der Waals surface area contributed by atoms with E-state index < -0.39 is 0 Å². The van der Waals surface area contributed by atoms with Gasteiger partial charge in [-0.3, -0.25) is 4.79 Å². The van der Waals surface area contributed by atoms with Gasteiger partial charge < -0.3 is 4.74 Å². The van der Waals surface area contributed by atoms with Crippen LogP contribution in [0.25, 0.3) is 0 Å². The number of ether oxygens (including phenoxy) is 1. The third kappa shape index (κ3) is 2.90. The van der Waals surface area contributed by atoms with Crippen molar-refractivity contribution in [1.29, 1.82) is 0 Å². The fraction of sp³-hybridized carbons (Fsp3) is 0.816. The van der Waals surface area contributed by atoms with Gasteiger partial charge in [-0.25, -0.2) is 0 Å². The normalized spacial score (nSPS) is 55.1. The Balaban J connectivity index is 1.18. The number of ketones is 1. The van der Waals surface area contributed by atoms with Crippen LogP contribution in [0.15, 0.2) is 30.3 Å². The lowest BCUT2D eigenvalue weighted by atomic mass is 9.31. The Bertz CT molecular complexity index is 1250. The first kappa shape index (κ1) is 26.5. The highest BCUT2D eigenvalue weighted by atomic mass is 16.5. The van der Waals surface area contributed by atoms with Gasteiger partial charge in [0.05, 0.1) is 12.7 Å². The minimum Gasteiger partial charge on any atom is -0.377 e. The van der Waals surface area contributed by atoms with Gasteiger partial charge >= 0.3 is 0 Å². The minimum atomic E-state index is -0.230. The van der Waals surface area contributed by atoms with E-state index in [1.54, 1.807) is 0 Å². The first-order chi connectivity index (χ1) is 18.8. The molecule has 0 aromatic heterocycles. The minimum absolute atomic E-state index is 0.136. The number of hydrogen-bond acceptors (Lipinski definition) is 2. The van der Waals surface area contributed by atoms with Crippen molar-refractivity contribution < 1.29 is 9.53 Å². The van der Waals surface area contributed by atoms with Gasteiger partial charge in [0, 0.05) is 10.8 Å². The molecule has 0 radical (unpaired) electrons. The van der Waals surface area contributed by atoms with Gasteiger partial charge in [0.1, 0.15) is 5.78 Å². The predicted octanol–water partition coefficient (Wildman–Crippen LogP) is 9.23. The highest BCUT2D eigenvalue weighted by molar-refractivity contribution is 5.95. The zero-order valence-corrected chi connectivity index (χ0v) is 26.4. The van der Waals surface area contributed by atoms with Crippen molar-refractivity contribution in [2.24, 2.45) is 61.6 Å². The molecule has 1 heterocycles. The van der Waals surface area contributed by atoms with Crippen LogP contribution in [0, 0.1) is 61.6 Å². The summed E-state index contributed by atoms with van der Waals surface area (Å²) in [4.78, 5) is 14.4. The van der Waals surface area contributed by atoms with E-state index in [2.05, 4.69) is 78.8 Å². The lowest BCUT2D eigenvalue weighted by Gasteiger charge is -2.73. The van der Waals surface area contributed by atoms with Gasteiger partial charge in [-0.2, -0.15) is 0 Å². The molecule has 40 heavy (non-hydrogen) atoms. The monoisotopic (exact) mass is 542 g/mol. The molecule has 0 unspecified atom stereocenters. The lowest BCUT2D eigenvalue weighted by Crippen LogP contribution is -2.68. The van der Waals surface area contributed by atoms with E-state index >= 15 is 0 Å². The number of hydrogen-bond donors (Lipinski definition) is 0. The van der Waals surface area contributed by atoms with Crippen molar-refractivity contribution in [2.75, 3.05) is 6.61 Å². The van der Waals surface area contributed by atoms with E-state index in [1.807, 2.05) is 0 Å². The summed E-state index contributed by atoms with van der Waals surface area (Å²) in [5, 5.41) is 0. The largest absolute Gasteiger partial charge is 0.377 e. The Kier molecular flexibility index (Phi) is 5.08. The second-order valence-electron chi connectivity index (χ2n) is 18.3. The third-order valence-corrected chi connectivity index (χ3v) is 16.3. The standard InChI is InChI=1S/C38H54O2/c1-32(2)17-19-37-20-18-35(6)25(29(37)30(32)40-23-37)13-14-28-34(5)22-38(21-26(38)24-11-9-8-10-12-24)31(39)33(3,4)27(34)15-16-36(28,35)7/h8-12,25-30H,13-23H2,1-7H3/t25-,26-,27-,28-,29+,30-,34+,35-,36-,37-,38-/m1/s1. The van der Waals surface area contributed by atoms with Crippen LogP contribution >= 0.6 is 0 Å². The van der Waals surface area contributed by atoms with Crippen LogP contribution < -0.4 is 0 Å². The molecule has 11 atom stereocenters. The SMILES string of the molecule is CC1(C)CC[C@]23CC[C@]4(C)[C@H](CC[C@@H]5[C@@]6(C)C[C@@]7(C[C@@H]7c7ccccc7)C(=O)C(C)(C)[C@H]6CC[C@]54C)[C@H]2[C@H]1OC3. The second kappa shape index (κ2) is 7.67. The molecule has 0 amide bonds. The number of rotatable bonds is 1. The zero-order valence-electron chi connectivity index (χ0n) is 26.4. The van der Waals surface area contributed by atoms with Crippen LogP contribution in [0.4, 0.5) is 0 Å². The van der Waals surface area contributed by atoms with Crippen LogP contribution in [-0.2, 0) is 9.53 Å². The Morgan fingerprint density at radius 3 is 2.25 bits per heavy atom. The summed E-state index contributed by atoms with van der Waals surface area (Å²) in [6.07, 6.45) is 13.4. The number of Topliss-reactive ketones (excluding diaryl/α,β-unsaturated/α-hetero) is 1. The van der Waals surface area contributed by atoms with Gasteiger partial charge in [-0.15, -0.1) is 0 Å². The Morgan fingerprint density at radius 1 is 0.775 bits per heavy atom. The van der Waals surface area contributed by atoms with Crippen LogP contribution in [0.1, 0.15) is 124 Å². The lowest BCUT2D eigenvalue weighted by molar-refractivity contribution is -0.244. The molecule has 218 valence electrons. The summed E-state index contributed by atoms with van der Waals surface area (Å²) >= 11 is 0. The summed E-state index contributed by atoms with van der Waals surface area (Å²) in [5.41, 5.74) is 2.75. The number of benzene rings is 1. The van der Waals surface area contributed by atoms with Crippen molar-refractivity contribution in [3.8, 4) is 0 Å². The maximum absolute atomic E-state index is 14.4. The molecule has 7 fully saturated rings. The Morgan fingerprint density at radius 2 is 1.50 bits per heavy atom. The quantitative estimate of drug-likeness (QED) is 0.353. The van der Waals surface area contributed by atoms with E-state index in [4.69, 9.17) is 4.74 Å². The molecule has 0 N–H and O–H groups in total. The molecular weight excluding hydrogens is 488 g/mol. The van der Waals surface area contributed by atoms with Crippen molar-refractivity contribution in [3.05, 3.63) is 35.9 Å². The van der Waals surface area contributed by atoms with Crippen LogP contribution in [-0.4, -0.2) is 18.5 Å². The molecule has 2 nitrogen and oxygen atoms in total. The molecular formula is C38H54O2. The smallest absolute Gasteiger partial charge is 0.145 e. The fourth-order valence-corrected chi connectivity index (χ4v) is 14.2. The molecule has 1 aliphatic heterocycles. The van der Waals surface area contributed by atoms with Crippen LogP contribution in [0.3, 0.4) is 0 Å². The summed E-state index contributed by atoms with van der Waals surface area (Å²) in [6.45, 7) is 18.9. The van der Waals surface area contributed by atoms with E-state index in [1.165, 1.54) is 56.9 Å².